The Morgan fingerprint density at radius 2 is 1.68 bits per heavy atom. The number of aliphatic hydroxyl groups is 1. The van der Waals surface area contributed by atoms with Gasteiger partial charge in [-0.25, -0.2) is 0 Å². The van der Waals surface area contributed by atoms with Gasteiger partial charge in [0, 0.05) is 36.7 Å². The van der Waals surface area contributed by atoms with Crippen LogP contribution in [0.15, 0.2) is 127 Å². The number of aromatic nitrogens is 5. The molecule has 0 spiro atoms. The zero-order valence-corrected chi connectivity index (χ0v) is 27.7. The van der Waals surface area contributed by atoms with Gasteiger partial charge in [-0.1, -0.05) is 72.4 Å². The highest BCUT2D eigenvalue weighted by Crippen LogP contribution is 2.40. The summed E-state index contributed by atoms with van der Waals surface area (Å²) in [7, 11) is 0. The van der Waals surface area contributed by atoms with E-state index in [1.807, 2.05) is 60.7 Å². The van der Waals surface area contributed by atoms with E-state index in [0.717, 1.165) is 39.1 Å². The fourth-order valence-electron chi connectivity index (χ4n) is 5.72. The van der Waals surface area contributed by atoms with Crippen LogP contribution in [-0.4, -0.2) is 53.2 Å². The second-order valence-electron chi connectivity index (χ2n) is 11.8. The zero-order valence-electron chi connectivity index (χ0n) is 26.9. The fraction of sp³-hybridized carbons (Fsp3) is 0.184. The monoisotopic (exact) mass is 686 g/mol. The number of benzene rings is 4. The van der Waals surface area contributed by atoms with Crippen molar-refractivity contribution in [3.05, 3.63) is 149 Å². The lowest BCUT2D eigenvalue weighted by molar-refractivity contribution is -0.245. The smallest absolute Gasteiger partial charge is 0.253 e. The Balaban J connectivity index is 1.09. The molecule has 12 heteroatoms. The van der Waals surface area contributed by atoms with Crippen LogP contribution in [0.5, 0.6) is 5.75 Å². The lowest BCUT2D eigenvalue weighted by Crippen LogP contribution is -2.31. The van der Waals surface area contributed by atoms with Crippen LogP contribution in [0, 0.1) is 0 Å². The number of aromatic hydroxyl groups is 1. The van der Waals surface area contributed by atoms with E-state index in [9.17, 15) is 15.0 Å². The molecule has 0 radical (unpaired) electrons. The highest BCUT2D eigenvalue weighted by Gasteiger charge is 2.33. The van der Waals surface area contributed by atoms with E-state index in [-0.39, 0.29) is 30.5 Å². The van der Waals surface area contributed by atoms with E-state index in [1.165, 1.54) is 11.8 Å². The number of hydrogen-bond acceptors (Lipinski definition) is 10. The topological polar surface area (TPSA) is 145 Å². The number of tetrazole rings is 1. The summed E-state index contributed by atoms with van der Waals surface area (Å²) in [4.78, 5) is 16.6. The van der Waals surface area contributed by atoms with Gasteiger partial charge in [-0.05, 0) is 86.8 Å². The summed E-state index contributed by atoms with van der Waals surface area (Å²) in [5.41, 5.74) is 6.91. The molecule has 252 valence electrons. The Morgan fingerprint density at radius 1 is 0.880 bits per heavy atom. The molecule has 7 rings (SSSR count). The minimum atomic E-state index is -0.646. The van der Waals surface area contributed by atoms with E-state index >= 15 is 0 Å². The fourth-order valence-corrected chi connectivity index (χ4v) is 6.63. The van der Waals surface area contributed by atoms with Crippen molar-refractivity contribution in [3.8, 4) is 22.6 Å². The number of rotatable bonds is 11. The van der Waals surface area contributed by atoms with Crippen LogP contribution in [0.25, 0.3) is 16.8 Å². The average Bonchev–Trinajstić information content (AvgIpc) is 3.65. The molecule has 50 heavy (non-hydrogen) atoms. The highest BCUT2D eigenvalue weighted by atomic mass is 32.2. The molecule has 11 nitrogen and oxygen atoms in total. The Kier molecular flexibility index (Phi) is 10.2. The molecule has 0 bridgehead atoms. The normalized spacial score (nSPS) is 17.3. The maximum Gasteiger partial charge on any atom is 0.253 e. The van der Waals surface area contributed by atoms with Crippen molar-refractivity contribution in [3.63, 3.8) is 0 Å². The standard InChI is InChI=1S/C38H34N6O5S/c45-23-25-9-11-27(12-10-25)35-20-34(24-50-38-41-42-43-44(38)32-13-15-33(46)16-14-32)48-37(49-35)30-7-2-6-29(19-30)28-5-1-4-26(18-28)21-40-36(47)31-8-3-17-39-22-31/h1-19,22,34-35,37,45-46H,20-21,23-24H2,(H,40,47)/t34-,35+,37+/m0/s1. The van der Waals surface area contributed by atoms with Gasteiger partial charge in [0.25, 0.3) is 5.91 Å². The zero-order chi connectivity index (χ0) is 34.3. The lowest BCUT2D eigenvalue weighted by Gasteiger charge is -2.36. The van der Waals surface area contributed by atoms with E-state index in [2.05, 4.69) is 38.0 Å². The number of nitrogens with zero attached hydrogens (tertiary/aromatic N) is 5. The third-order valence-corrected chi connectivity index (χ3v) is 9.40. The van der Waals surface area contributed by atoms with Gasteiger partial charge < -0.3 is 25.0 Å². The minimum Gasteiger partial charge on any atom is -0.508 e. The molecule has 3 N–H and O–H groups in total. The quantitative estimate of drug-likeness (QED) is 0.135. The first-order chi connectivity index (χ1) is 24.5. The number of amides is 1. The van der Waals surface area contributed by atoms with Crippen molar-refractivity contribution < 1.29 is 24.5 Å². The summed E-state index contributed by atoms with van der Waals surface area (Å²) >= 11 is 1.48. The van der Waals surface area contributed by atoms with Crippen LogP contribution in [0.4, 0.5) is 0 Å². The molecule has 1 amide bonds. The molecule has 0 saturated carbocycles. The first-order valence-corrected chi connectivity index (χ1v) is 17.1. The molecule has 0 unspecified atom stereocenters. The van der Waals surface area contributed by atoms with Gasteiger partial charge in [0.2, 0.25) is 5.16 Å². The number of hydrogen-bond donors (Lipinski definition) is 3. The Hall–Kier alpha value is -5.40. The second-order valence-corrected chi connectivity index (χ2v) is 12.8. The summed E-state index contributed by atoms with van der Waals surface area (Å²) in [6.07, 6.45) is 2.68. The number of pyridine rings is 1. The van der Waals surface area contributed by atoms with Crippen LogP contribution in [0.1, 0.15) is 51.4 Å². The largest absolute Gasteiger partial charge is 0.508 e. The first kappa shape index (κ1) is 33.1. The number of carbonyl (C=O) groups excluding carboxylic acids is 1. The molecule has 3 heterocycles. The molecule has 1 saturated heterocycles. The molecule has 0 aliphatic carbocycles. The molecular weight excluding hydrogens is 653 g/mol. The number of phenolic OH excluding ortho intramolecular Hbond substituents is 1. The number of carbonyl (C=O) groups is 1. The van der Waals surface area contributed by atoms with Gasteiger partial charge in [0.05, 0.1) is 30.1 Å². The highest BCUT2D eigenvalue weighted by molar-refractivity contribution is 7.99. The van der Waals surface area contributed by atoms with Gasteiger partial charge in [-0.2, -0.15) is 4.68 Å². The molecule has 3 atom stereocenters. The van der Waals surface area contributed by atoms with E-state index in [4.69, 9.17) is 9.47 Å². The van der Waals surface area contributed by atoms with Crippen LogP contribution in [-0.2, 0) is 22.6 Å². The minimum absolute atomic E-state index is 0.0303. The van der Waals surface area contributed by atoms with Crippen molar-refractivity contribution in [1.82, 2.24) is 30.5 Å². The van der Waals surface area contributed by atoms with Gasteiger partial charge >= 0.3 is 0 Å². The summed E-state index contributed by atoms with van der Waals surface area (Å²) in [5, 5.41) is 35.1. The summed E-state index contributed by atoms with van der Waals surface area (Å²) in [6, 6.07) is 34.1. The van der Waals surface area contributed by atoms with E-state index in [1.54, 1.807) is 53.5 Å². The third-order valence-electron chi connectivity index (χ3n) is 8.34. The molecular formula is C38H34N6O5S. The Morgan fingerprint density at radius 3 is 2.46 bits per heavy atom. The molecule has 1 fully saturated rings. The summed E-state index contributed by atoms with van der Waals surface area (Å²) in [6.45, 7) is 0.347. The number of ether oxygens (including phenoxy) is 2. The van der Waals surface area contributed by atoms with Crippen molar-refractivity contribution in [1.29, 1.82) is 0 Å². The lowest BCUT2D eigenvalue weighted by atomic mass is 9.99. The van der Waals surface area contributed by atoms with Crippen LogP contribution in [0.3, 0.4) is 0 Å². The van der Waals surface area contributed by atoms with E-state index in [0.29, 0.717) is 29.4 Å². The number of thioether (sulfide) groups is 1. The van der Waals surface area contributed by atoms with Crippen molar-refractivity contribution in [2.75, 3.05) is 5.75 Å². The van der Waals surface area contributed by atoms with Crippen LogP contribution < -0.4 is 5.32 Å². The molecule has 6 aromatic rings. The van der Waals surface area contributed by atoms with Gasteiger partial charge in [0.1, 0.15) is 5.75 Å². The predicted octanol–water partition coefficient (Wildman–Crippen LogP) is 6.19. The number of aliphatic hydroxyl groups excluding tert-OH is 1. The van der Waals surface area contributed by atoms with Crippen molar-refractivity contribution in [2.24, 2.45) is 0 Å². The first-order valence-electron chi connectivity index (χ1n) is 16.1. The van der Waals surface area contributed by atoms with Gasteiger partial charge in [-0.3, -0.25) is 9.78 Å². The number of nitrogens with one attached hydrogen (secondary N) is 1. The average molecular weight is 687 g/mol. The maximum atomic E-state index is 12.6. The maximum absolute atomic E-state index is 12.6. The Labute approximate surface area is 292 Å². The molecule has 1 aliphatic heterocycles. The predicted molar refractivity (Wildman–Crippen MR) is 187 cm³/mol. The van der Waals surface area contributed by atoms with Gasteiger partial charge in [-0.15, -0.1) is 5.10 Å². The van der Waals surface area contributed by atoms with Crippen LogP contribution >= 0.6 is 11.8 Å². The third kappa shape index (κ3) is 7.90. The van der Waals surface area contributed by atoms with Crippen molar-refractivity contribution in [2.45, 2.75) is 43.2 Å². The second kappa shape index (κ2) is 15.4. The molecule has 4 aromatic carbocycles. The Bertz CT molecular complexity index is 2040. The SMILES string of the molecule is O=C(NCc1cccc(-c2cccc([C@@H]3O[C@H](CSc4nnnn4-c4ccc(O)cc4)C[C@H](c4ccc(CO)cc4)O3)c2)c1)c1cccnc1. The number of phenols is 1. The molecule has 2 aromatic heterocycles. The molecule has 1 aliphatic rings. The summed E-state index contributed by atoms with van der Waals surface area (Å²) < 4.78 is 14.8. The van der Waals surface area contributed by atoms with E-state index < -0.39 is 6.29 Å². The van der Waals surface area contributed by atoms with Crippen molar-refractivity contribution >= 4 is 17.7 Å². The van der Waals surface area contributed by atoms with Gasteiger partial charge in [0.15, 0.2) is 6.29 Å². The van der Waals surface area contributed by atoms with Crippen LogP contribution in [0.2, 0.25) is 0 Å². The summed E-state index contributed by atoms with van der Waals surface area (Å²) in [5.74, 6) is 0.552.